The van der Waals surface area contributed by atoms with Crippen molar-refractivity contribution in [3.05, 3.63) is 65.2 Å². The monoisotopic (exact) mass is 323 g/mol. The molecule has 6 heteroatoms. The number of halogens is 3. The molecule has 0 fully saturated rings. The van der Waals surface area contributed by atoms with E-state index in [1.807, 2.05) is 0 Å². The average molecular weight is 323 g/mol. The van der Waals surface area contributed by atoms with Gasteiger partial charge in [0.05, 0.1) is 18.7 Å². The highest BCUT2D eigenvalue weighted by Crippen LogP contribution is 2.29. The van der Waals surface area contributed by atoms with E-state index in [9.17, 15) is 18.0 Å². The predicted octanol–water partition coefficient (Wildman–Crippen LogP) is 4.21. The zero-order chi connectivity index (χ0) is 17.0. The smallest absolute Gasteiger partial charge is 0.416 e. The van der Waals surface area contributed by atoms with Gasteiger partial charge in [0.15, 0.2) is 0 Å². The van der Waals surface area contributed by atoms with Crippen molar-refractivity contribution < 1.29 is 22.7 Å². The van der Waals surface area contributed by atoms with Gasteiger partial charge in [0, 0.05) is 5.56 Å². The molecule has 0 bridgehead atoms. The summed E-state index contributed by atoms with van der Waals surface area (Å²) in [7, 11) is 1.55. The van der Waals surface area contributed by atoms with Crippen LogP contribution in [0.1, 0.15) is 34.5 Å². The molecule has 2 rings (SSSR count). The second-order valence-corrected chi connectivity index (χ2v) is 5.05. The van der Waals surface area contributed by atoms with Crippen LogP contribution in [0.2, 0.25) is 0 Å². The predicted molar refractivity (Wildman–Crippen MR) is 80.3 cm³/mol. The Bertz CT molecular complexity index is 681. The van der Waals surface area contributed by atoms with E-state index in [-0.39, 0.29) is 11.6 Å². The van der Waals surface area contributed by atoms with Gasteiger partial charge in [-0.1, -0.05) is 18.2 Å². The van der Waals surface area contributed by atoms with Gasteiger partial charge in [-0.05, 0) is 42.8 Å². The van der Waals surface area contributed by atoms with Crippen LogP contribution in [-0.4, -0.2) is 13.0 Å². The number of carbonyl (C=O) groups is 1. The second-order valence-electron chi connectivity index (χ2n) is 5.05. The van der Waals surface area contributed by atoms with Crippen LogP contribution in [0.15, 0.2) is 48.5 Å². The van der Waals surface area contributed by atoms with Crippen LogP contribution in [0.4, 0.5) is 13.2 Å². The minimum Gasteiger partial charge on any atom is -0.497 e. The summed E-state index contributed by atoms with van der Waals surface area (Å²) >= 11 is 0. The Morgan fingerprint density at radius 2 is 1.78 bits per heavy atom. The maximum absolute atomic E-state index is 12.7. The summed E-state index contributed by atoms with van der Waals surface area (Å²) < 4.78 is 43.1. The van der Waals surface area contributed by atoms with Gasteiger partial charge in [-0.2, -0.15) is 13.2 Å². The summed E-state index contributed by atoms with van der Waals surface area (Å²) in [5, 5.41) is 2.68. The van der Waals surface area contributed by atoms with Gasteiger partial charge in [0.2, 0.25) is 0 Å². The standard InChI is InChI=1S/C17H16F3NO2/c1-11(12-6-8-15(23-2)9-7-12)21-16(22)13-4-3-5-14(10-13)17(18,19)20/h3-11H,1-2H3,(H,21,22)/t11-/m0/s1. The Labute approximate surface area is 132 Å². The first-order valence-electron chi connectivity index (χ1n) is 6.93. The molecule has 1 amide bonds. The Morgan fingerprint density at radius 1 is 1.13 bits per heavy atom. The highest BCUT2D eigenvalue weighted by atomic mass is 19.4. The van der Waals surface area contributed by atoms with Crippen LogP contribution in [0.5, 0.6) is 5.75 Å². The summed E-state index contributed by atoms with van der Waals surface area (Å²) in [5.74, 6) is 0.129. The number of ether oxygens (including phenoxy) is 1. The summed E-state index contributed by atoms with van der Waals surface area (Å²) in [6, 6.07) is 11.1. The van der Waals surface area contributed by atoms with Crippen molar-refractivity contribution in [2.24, 2.45) is 0 Å². The molecule has 3 nitrogen and oxygen atoms in total. The topological polar surface area (TPSA) is 38.3 Å². The van der Waals surface area contributed by atoms with E-state index < -0.39 is 17.6 Å². The molecular formula is C17H16F3NO2. The summed E-state index contributed by atoms with van der Waals surface area (Å²) in [6.45, 7) is 1.76. The maximum Gasteiger partial charge on any atom is 0.416 e. The van der Waals surface area contributed by atoms with Gasteiger partial charge in [0.1, 0.15) is 5.75 Å². The fourth-order valence-corrected chi connectivity index (χ4v) is 2.09. The first-order chi connectivity index (χ1) is 10.8. The molecule has 1 atom stereocenters. The molecule has 1 N–H and O–H groups in total. The Kier molecular flexibility index (Phi) is 4.93. The average Bonchev–Trinajstić information content (AvgIpc) is 2.54. The van der Waals surface area contributed by atoms with Crippen molar-refractivity contribution in [3.8, 4) is 5.75 Å². The largest absolute Gasteiger partial charge is 0.497 e. The lowest BCUT2D eigenvalue weighted by molar-refractivity contribution is -0.137. The minimum absolute atomic E-state index is 0.0276. The third-order valence-electron chi connectivity index (χ3n) is 3.42. The molecule has 0 aliphatic heterocycles. The Balaban J connectivity index is 2.11. The molecule has 2 aromatic rings. The SMILES string of the molecule is COc1ccc([C@H](C)NC(=O)c2cccc(C(F)(F)F)c2)cc1. The van der Waals surface area contributed by atoms with Crippen molar-refractivity contribution in [3.63, 3.8) is 0 Å². The summed E-state index contributed by atoms with van der Waals surface area (Å²) in [5.41, 5.74) is -0.0476. The number of amides is 1. The molecule has 0 aliphatic rings. The van der Waals surface area contributed by atoms with Crippen LogP contribution in [0.25, 0.3) is 0 Å². The molecule has 0 saturated carbocycles. The molecule has 0 unspecified atom stereocenters. The number of carbonyl (C=O) groups excluding carboxylic acids is 1. The van der Waals surface area contributed by atoms with Gasteiger partial charge in [-0.25, -0.2) is 0 Å². The van der Waals surface area contributed by atoms with E-state index >= 15 is 0 Å². The first-order valence-corrected chi connectivity index (χ1v) is 6.93. The molecule has 0 aliphatic carbocycles. The van der Waals surface area contributed by atoms with E-state index in [0.717, 1.165) is 17.7 Å². The van der Waals surface area contributed by atoms with E-state index in [2.05, 4.69) is 5.32 Å². The number of benzene rings is 2. The Morgan fingerprint density at radius 3 is 2.35 bits per heavy atom. The highest BCUT2D eigenvalue weighted by Gasteiger charge is 2.31. The van der Waals surface area contributed by atoms with Crippen molar-refractivity contribution in [2.45, 2.75) is 19.1 Å². The summed E-state index contributed by atoms with van der Waals surface area (Å²) in [4.78, 5) is 12.1. The zero-order valence-electron chi connectivity index (χ0n) is 12.6. The molecular weight excluding hydrogens is 307 g/mol. The number of rotatable bonds is 4. The first kappa shape index (κ1) is 16.9. The number of nitrogens with one attached hydrogen (secondary N) is 1. The number of hydrogen-bond acceptors (Lipinski definition) is 2. The quantitative estimate of drug-likeness (QED) is 0.915. The van der Waals surface area contributed by atoms with E-state index in [1.165, 1.54) is 12.1 Å². The van der Waals surface area contributed by atoms with E-state index in [0.29, 0.717) is 5.75 Å². The highest BCUT2D eigenvalue weighted by molar-refractivity contribution is 5.94. The van der Waals surface area contributed by atoms with E-state index in [1.54, 1.807) is 38.3 Å². The molecule has 0 saturated heterocycles. The van der Waals surface area contributed by atoms with Gasteiger partial charge < -0.3 is 10.1 Å². The van der Waals surface area contributed by atoms with Gasteiger partial charge in [-0.15, -0.1) is 0 Å². The molecule has 0 heterocycles. The lowest BCUT2D eigenvalue weighted by atomic mass is 10.1. The lowest BCUT2D eigenvalue weighted by Gasteiger charge is -2.15. The van der Waals surface area contributed by atoms with Crippen molar-refractivity contribution in [1.82, 2.24) is 5.32 Å². The molecule has 122 valence electrons. The molecule has 0 radical (unpaired) electrons. The fourth-order valence-electron chi connectivity index (χ4n) is 2.09. The normalized spacial score (nSPS) is 12.6. The third-order valence-corrected chi connectivity index (χ3v) is 3.42. The number of methoxy groups -OCH3 is 1. The number of hydrogen-bond donors (Lipinski definition) is 1. The van der Waals surface area contributed by atoms with Crippen LogP contribution in [0.3, 0.4) is 0 Å². The van der Waals surface area contributed by atoms with Gasteiger partial charge in [0.25, 0.3) is 5.91 Å². The maximum atomic E-state index is 12.7. The molecule has 23 heavy (non-hydrogen) atoms. The van der Waals surface area contributed by atoms with Crippen LogP contribution in [0, 0.1) is 0 Å². The summed E-state index contributed by atoms with van der Waals surface area (Å²) in [6.07, 6.45) is -4.47. The third kappa shape index (κ3) is 4.25. The fraction of sp³-hybridized carbons (Fsp3) is 0.235. The van der Waals surface area contributed by atoms with Crippen molar-refractivity contribution in [1.29, 1.82) is 0 Å². The number of alkyl halides is 3. The molecule has 0 spiro atoms. The van der Waals surface area contributed by atoms with Gasteiger partial charge in [-0.3, -0.25) is 4.79 Å². The molecule has 2 aromatic carbocycles. The van der Waals surface area contributed by atoms with Gasteiger partial charge >= 0.3 is 6.18 Å². The lowest BCUT2D eigenvalue weighted by Crippen LogP contribution is -2.26. The molecule has 0 aromatic heterocycles. The van der Waals surface area contributed by atoms with Crippen molar-refractivity contribution in [2.75, 3.05) is 7.11 Å². The van der Waals surface area contributed by atoms with Crippen LogP contribution in [-0.2, 0) is 6.18 Å². The van der Waals surface area contributed by atoms with Crippen LogP contribution < -0.4 is 10.1 Å². The second kappa shape index (κ2) is 6.73. The van der Waals surface area contributed by atoms with Crippen LogP contribution >= 0.6 is 0 Å². The zero-order valence-corrected chi connectivity index (χ0v) is 12.6. The van der Waals surface area contributed by atoms with E-state index in [4.69, 9.17) is 4.74 Å². The van der Waals surface area contributed by atoms with Crippen molar-refractivity contribution >= 4 is 5.91 Å². The minimum atomic E-state index is -4.47. The Hall–Kier alpha value is -2.50.